The van der Waals surface area contributed by atoms with Gasteiger partial charge in [-0.3, -0.25) is 10.1 Å². The summed E-state index contributed by atoms with van der Waals surface area (Å²) in [6.45, 7) is 2.90. The predicted octanol–water partition coefficient (Wildman–Crippen LogP) is 2.05. The lowest BCUT2D eigenvalue weighted by atomic mass is 10.2. The number of fused-ring (bicyclic) bond motifs is 1. The number of para-hydroxylation sites is 1. The van der Waals surface area contributed by atoms with Crippen molar-refractivity contribution in [1.82, 2.24) is 19.7 Å². The SMILES string of the molecule is CCn1cc(C2CC2C(=N)/N=c2\[nH]c(N)nc3c(OC)cccc23)cn1. The molecule has 4 N–H and O–H groups in total. The lowest BCUT2D eigenvalue weighted by molar-refractivity contribution is 0.419. The number of aryl methyl sites for hydroxylation is 1. The molecule has 3 aromatic rings. The van der Waals surface area contributed by atoms with Gasteiger partial charge in [-0.15, -0.1) is 0 Å². The van der Waals surface area contributed by atoms with E-state index in [1.54, 1.807) is 7.11 Å². The van der Waals surface area contributed by atoms with Gasteiger partial charge in [0, 0.05) is 24.0 Å². The van der Waals surface area contributed by atoms with Crippen LogP contribution in [0.15, 0.2) is 35.6 Å². The third kappa shape index (κ3) is 2.83. The van der Waals surface area contributed by atoms with E-state index in [1.807, 2.05) is 29.1 Å². The van der Waals surface area contributed by atoms with Crippen molar-refractivity contribution in [2.45, 2.75) is 25.8 Å². The molecule has 4 rings (SSSR count). The van der Waals surface area contributed by atoms with Crippen LogP contribution in [0, 0.1) is 11.3 Å². The van der Waals surface area contributed by atoms with Crippen LogP contribution in [-0.4, -0.2) is 32.7 Å². The number of rotatable bonds is 4. The number of nitrogens with zero attached hydrogens (tertiary/aromatic N) is 4. The lowest BCUT2D eigenvalue weighted by Crippen LogP contribution is -2.16. The topological polar surface area (TPSA) is 118 Å². The summed E-state index contributed by atoms with van der Waals surface area (Å²) >= 11 is 0. The summed E-state index contributed by atoms with van der Waals surface area (Å²) in [6.07, 6.45) is 4.85. The van der Waals surface area contributed by atoms with Gasteiger partial charge < -0.3 is 15.5 Å². The maximum Gasteiger partial charge on any atom is 0.199 e. The largest absolute Gasteiger partial charge is 0.494 e. The molecule has 0 saturated heterocycles. The van der Waals surface area contributed by atoms with Gasteiger partial charge in [-0.25, -0.2) is 9.98 Å². The van der Waals surface area contributed by atoms with E-state index in [0.717, 1.165) is 18.4 Å². The molecule has 1 aliphatic carbocycles. The predicted molar refractivity (Wildman–Crippen MR) is 99.1 cm³/mol. The van der Waals surface area contributed by atoms with Gasteiger partial charge in [0.15, 0.2) is 5.95 Å². The first kappa shape index (κ1) is 16.3. The van der Waals surface area contributed by atoms with E-state index in [4.69, 9.17) is 15.9 Å². The summed E-state index contributed by atoms with van der Waals surface area (Å²) in [5.41, 5.74) is 8.22. The first-order valence-electron chi connectivity index (χ1n) is 8.58. The third-order valence-electron chi connectivity index (χ3n) is 4.73. The second-order valence-corrected chi connectivity index (χ2v) is 6.40. The highest BCUT2D eigenvalue weighted by Crippen LogP contribution is 2.48. The molecule has 0 bridgehead atoms. The molecule has 2 heterocycles. The number of methoxy groups -OCH3 is 1. The van der Waals surface area contributed by atoms with Crippen LogP contribution in [0.5, 0.6) is 5.75 Å². The number of ether oxygens (including phenoxy) is 1. The zero-order valence-electron chi connectivity index (χ0n) is 14.7. The molecule has 2 aromatic heterocycles. The van der Waals surface area contributed by atoms with Crippen molar-refractivity contribution in [2.75, 3.05) is 12.8 Å². The standard InChI is InChI=1S/C18H21N7O/c1-3-25-9-10(8-21-25)12-7-13(12)16(19)23-17-11-5-4-6-14(26-2)15(11)22-18(20)24-17/h4-6,8-9,12-13H,3,7H2,1-2H3,(H4,19,20,22,23,24). The Kier molecular flexibility index (Phi) is 3.95. The third-order valence-corrected chi connectivity index (χ3v) is 4.73. The number of nitrogens with one attached hydrogen (secondary N) is 2. The summed E-state index contributed by atoms with van der Waals surface area (Å²) in [4.78, 5) is 11.8. The van der Waals surface area contributed by atoms with Gasteiger partial charge in [-0.2, -0.15) is 5.10 Å². The summed E-state index contributed by atoms with van der Waals surface area (Å²) < 4.78 is 7.26. The minimum absolute atomic E-state index is 0.105. The summed E-state index contributed by atoms with van der Waals surface area (Å²) in [7, 11) is 1.59. The van der Waals surface area contributed by atoms with Crippen LogP contribution < -0.4 is 16.0 Å². The molecule has 2 atom stereocenters. The van der Waals surface area contributed by atoms with Crippen LogP contribution in [0.1, 0.15) is 24.8 Å². The van der Waals surface area contributed by atoms with Crippen LogP contribution >= 0.6 is 0 Å². The second kappa shape index (κ2) is 6.29. The summed E-state index contributed by atoms with van der Waals surface area (Å²) in [5.74, 6) is 1.62. The lowest BCUT2D eigenvalue weighted by Gasteiger charge is -2.06. The molecule has 134 valence electrons. The van der Waals surface area contributed by atoms with Gasteiger partial charge in [0.2, 0.25) is 0 Å². The maximum atomic E-state index is 8.41. The van der Waals surface area contributed by atoms with Crippen LogP contribution in [0.2, 0.25) is 0 Å². The average molecular weight is 351 g/mol. The number of nitrogens with two attached hydrogens (primary N) is 1. The molecule has 26 heavy (non-hydrogen) atoms. The molecule has 8 nitrogen and oxygen atoms in total. The zero-order chi connectivity index (χ0) is 18.3. The fourth-order valence-electron chi connectivity index (χ4n) is 3.23. The van der Waals surface area contributed by atoms with Gasteiger partial charge in [0.05, 0.1) is 13.3 Å². The van der Waals surface area contributed by atoms with E-state index in [1.165, 1.54) is 5.56 Å². The second-order valence-electron chi connectivity index (χ2n) is 6.40. The number of amidine groups is 1. The number of H-pyrrole nitrogens is 1. The zero-order valence-corrected chi connectivity index (χ0v) is 14.7. The minimum Gasteiger partial charge on any atom is -0.494 e. The summed E-state index contributed by atoms with van der Waals surface area (Å²) in [6, 6.07) is 5.59. The number of benzene rings is 1. The van der Waals surface area contributed by atoms with E-state index in [9.17, 15) is 0 Å². The monoisotopic (exact) mass is 351 g/mol. The molecule has 1 aromatic carbocycles. The van der Waals surface area contributed by atoms with E-state index < -0.39 is 0 Å². The van der Waals surface area contributed by atoms with Crippen molar-refractivity contribution in [2.24, 2.45) is 10.9 Å². The van der Waals surface area contributed by atoms with E-state index >= 15 is 0 Å². The first-order chi connectivity index (χ1) is 12.6. The van der Waals surface area contributed by atoms with E-state index in [-0.39, 0.29) is 11.9 Å². The first-order valence-corrected chi connectivity index (χ1v) is 8.58. The highest BCUT2D eigenvalue weighted by Gasteiger charge is 2.42. The van der Waals surface area contributed by atoms with Crippen molar-refractivity contribution in [3.63, 3.8) is 0 Å². The number of aromatic nitrogens is 4. The van der Waals surface area contributed by atoms with Crippen molar-refractivity contribution in [3.8, 4) is 5.75 Å². The van der Waals surface area contributed by atoms with Crippen molar-refractivity contribution < 1.29 is 4.74 Å². The quantitative estimate of drug-likeness (QED) is 0.492. The Balaban J connectivity index is 1.67. The number of aromatic amines is 1. The Morgan fingerprint density at radius 1 is 1.50 bits per heavy atom. The molecule has 2 unspecified atom stereocenters. The van der Waals surface area contributed by atoms with E-state index in [0.29, 0.717) is 28.5 Å². The molecular formula is C18H21N7O. The fourth-order valence-corrected chi connectivity index (χ4v) is 3.23. The molecule has 1 fully saturated rings. The van der Waals surface area contributed by atoms with Crippen LogP contribution in [0.3, 0.4) is 0 Å². The normalized spacial score (nSPS) is 19.7. The Morgan fingerprint density at radius 2 is 2.35 bits per heavy atom. The number of anilines is 1. The molecule has 1 saturated carbocycles. The van der Waals surface area contributed by atoms with E-state index in [2.05, 4.69) is 33.2 Å². The van der Waals surface area contributed by atoms with Gasteiger partial charge in [0.25, 0.3) is 0 Å². The fraction of sp³-hybridized carbons (Fsp3) is 0.333. The molecule has 8 heteroatoms. The van der Waals surface area contributed by atoms with Crippen LogP contribution in [-0.2, 0) is 6.54 Å². The maximum absolute atomic E-state index is 8.41. The average Bonchev–Trinajstić information content (AvgIpc) is 3.30. The van der Waals surface area contributed by atoms with Crippen LogP contribution in [0.4, 0.5) is 5.95 Å². The highest BCUT2D eigenvalue weighted by molar-refractivity contribution is 5.89. The number of nitrogen functional groups attached to an aromatic ring is 1. The number of hydrogen-bond acceptors (Lipinski definition) is 5. The highest BCUT2D eigenvalue weighted by atomic mass is 16.5. The Bertz CT molecular complexity index is 1050. The molecule has 0 amide bonds. The Labute approximate surface area is 150 Å². The van der Waals surface area contributed by atoms with Gasteiger partial charge in [-0.05, 0) is 37.0 Å². The molecule has 0 aliphatic heterocycles. The molecular weight excluding hydrogens is 330 g/mol. The minimum atomic E-state index is 0.105. The number of hydrogen-bond donors (Lipinski definition) is 3. The molecule has 0 radical (unpaired) electrons. The smallest absolute Gasteiger partial charge is 0.199 e. The van der Waals surface area contributed by atoms with Gasteiger partial charge in [-0.1, -0.05) is 6.07 Å². The Hall–Kier alpha value is -3.16. The van der Waals surface area contributed by atoms with Crippen molar-refractivity contribution in [1.29, 1.82) is 5.41 Å². The molecule has 1 aliphatic rings. The van der Waals surface area contributed by atoms with Gasteiger partial charge in [0.1, 0.15) is 22.6 Å². The van der Waals surface area contributed by atoms with Crippen LogP contribution in [0.25, 0.3) is 10.9 Å². The Morgan fingerprint density at radius 3 is 3.08 bits per heavy atom. The molecule has 0 spiro atoms. The van der Waals surface area contributed by atoms with Crippen molar-refractivity contribution >= 4 is 22.7 Å². The summed E-state index contributed by atoms with van der Waals surface area (Å²) in [5, 5.41) is 13.5. The van der Waals surface area contributed by atoms with Gasteiger partial charge >= 0.3 is 0 Å². The van der Waals surface area contributed by atoms with Crippen molar-refractivity contribution in [3.05, 3.63) is 41.6 Å².